The number of hydrogen-bond donors (Lipinski definition) is 1. The van der Waals surface area contributed by atoms with Crippen LogP contribution in [0.15, 0.2) is 24.3 Å². The molecule has 2 unspecified atom stereocenters. The Morgan fingerprint density at radius 2 is 2.15 bits per heavy atom. The largest absolute Gasteiger partial charge is 0.398 e. The topological polar surface area (TPSA) is 69.6 Å². The van der Waals surface area contributed by atoms with Crippen molar-refractivity contribution in [2.24, 2.45) is 5.92 Å². The molecule has 2 atom stereocenters. The van der Waals surface area contributed by atoms with Crippen LogP contribution in [-0.4, -0.2) is 20.2 Å². The van der Waals surface area contributed by atoms with Crippen molar-refractivity contribution in [3.63, 3.8) is 0 Å². The highest BCUT2D eigenvalue weighted by atomic mass is 15.5. The fourth-order valence-electron chi connectivity index (χ4n) is 3.17. The molecule has 5 nitrogen and oxygen atoms in total. The smallest absolute Gasteiger partial charge is 0.184 e. The highest BCUT2D eigenvalue weighted by Gasteiger charge is 2.26. The molecule has 0 bridgehead atoms. The van der Waals surface area contributed by atoms with E-state index in [9.17, 15) is 0 Å². The Balaban J connectivity index is 1.92. The van der Waals surface area contributed by atoms with Crippen LogP contribution < -0.4 is 5.73 Å². The molecule has 1 aromatic carbocycles. The minimum absolute atomic E-state index is 0.401. The number of nitrogen functional groups attached to an aromatic ring is 1. The molecule has 1 aliphatic rings. The van der Waals surface area contributed by atoms with Crippen molar-refractivity contribution in [2.45, 2.75) is 45.1 Å². The van der Waals surface area contributed by atoms with E-state index >= 15 is 0 Å². The molecule has 0 aliphatic heterocycles. The van der Waals surface area contributed by atoms with E-state index in [-0.39, 0.29) is 0 Å². The van der Waals surface area contributed by atoms with Gasteiger partial charge >= 0.3 is 0 Å². The van der Waals surface area contributed by atoms with Crippen molar-refractivity contribution in [3.8, 4) is 11.4 Å². The second-order valence-electron chi connectivity index (χ2n) is 5.63. The summed E-state index contributed by atoms with van der Waals surface area (Å²) in [6.07, 6.45) is 6.15. The van der Waals surface area contributed by atoms with E-state index < -0.39 is 0 Å². The molecule has 2 aromatic rings. The molecule has 106 valence electrons. The van der Waals surface area contributed by atoms with Crippen LogP contribution in [0.1, 0.15) is 45.1 Å². The second-order valence-corrected chi connectivity index (χ2v) is 5.63. The lowest BCUT2D eigenvalue weighted by Gasteiger charge is -2.28. The van der Waals surface area contributed by atoms with Crippen molar-refractivity contribution in [3.05, 3.63) is 24.3 Å². The molecule has 1 aliphatic carbocycles. The van der Waals surface area contributed by atoms with Gasteiger partial charge in [-0.1, -0.05) is 38.3 Å². The van der Waals surface area contributed by atoms with Crippen molar-refractivity contribution in [1.29, 1.82) is 0 Å². The summed E-state index contributed by atoms with van der Waals surface area (Å²) in [5, 5.41) is 12.3. The number of tetrazole rings is 1. The number of rotatable bonds is 3. The number of para-hydroxylation sites is 1. The molecule has 1 saturated carbocycles. The lowest BCUT2D eigenvalue weighted by atomic mass is 9.84. The number of aromatic nitrogens is 4. The Bertz CT molecular complexity index is 577. The normalized spacial score (nSPS) is 22.9. The van der Waals surface area contributed by atoms with Gasteiger partial charge in [-0.05, 0) is 41.3 Å². The zero-order chi connectivity index (χ0) is 13.9. The first-order chi connectivity index (χ1) is 9.79. The highest BCUT2D eigenvalue weighted by Crippen LogP contribution is 2.36. The summed E-state index contributed by atoms with van der Waals surface area (Å²) >= 11 is 0. The minimum atomic E-state index is 0.401. The fraction of sp³-hybridized carbons (Fsp3) is 0.533. The maximum absolute atomic E-state index is 6.05. The molecule has 0 radical (unpaired) electrons. The summed E-state index contributed by atoms with van der Waals surface area (Å²) in [7, 11) is 0. The van der Waals surface area contributed by atoms with Gasteiger partial charge in [-0.25, -0.2) is 4.68 Å². The Labute approximate surface area is 119 Å². The van der Waals surface area contributed by atoms with E-state index in [4.69, 9.17) is 5.73 Å². The van der Waals surface area contributed by atoms with Gasteiger partial charge in [-0.2, -0.15) is 0 Å². The van der Waals surface area contributed by atoms with Gasteiger partial charge in [-0.3, -0.25) is 0 Å². The monoisotopic (exact) mass is 271 g/mol. The summed E-state index contributed by atoms with van der Waals surface area (Å²) in [5.41, 5.74) is 7.71. The van der Waals surface area contributed by atoms with Crippen molar-refractivity contribution in [2.75, 3.05) is 5.73 Å². The van der Waals surface area contributed by atoms with E-state index in [0.717, 1.165) is 29.4 Å². The summed E-state index contributed by atoms with van der Waals surface area (Å²) in [5.74, 6) is 1.59. The lowest BCUT2D eigenvalue weighted by molar-refractivity contribution is 0.246. The van der Waals surface area contributed by atoms with Crippen molar-refractivity contribution < 1.29 is 0 Å². The van der Waals surface area contributed by atoms with Gasteiger partial charge in [0.25, 0.3) is 0 Å². The summed E-state index contributed by atoms with van der Waals surface area (Å²) in [6, 6.07) is 8.18. The van der Waals surface area contributed by atoms with E-state index in [0.29, 0.717) is 6.04 Å². The zero-order valence-electron chi connectivity index (χ0n) is 11.9. The van der Waals surface area contributed by atoms with Crippen LogP contribution in [0.3, 0.4) is 0 Å². The Hall–Kier alpha value is -1.91. The molecule has 1 fully saturated rings. The van der Waals surface area contributed by atoms with Gasteiger partial charge < -0.3 is 5.73 Å². The van der Waals surface area contributed by atoms with Gasteiger partial charge in [0.2, 0.25) is 0 Å². The molecule has 3 rings (SSSR count). The number of nitrogens with zero attached hydrogens (tertiary/aromatic N) is 4. The molecule has 20 heavy (non-hydrogen) atoms. The Morgan fingerprint density at radius 3 is 2.95 bits per heavy atom. The first-order valence-corrected chi connectivity index (χ1v) is 7.42. The molecular formula is C15H21N5. The number of anilines is 1. The third-order valence-corrected chi connectivity index (χ3v) is 4.37. The van der Waals surface area contributed by atoms with Gasteiger partial charge in [-0.15, -0.1) is 5.10 Å². The first-order valence-electron chi connectivity index (χ1n) is 7.42. The lowest BCUT2D eigenvalue weighted by Crippen LogP contribution is -2.20. The van der Waals surface area contributed by atoms with E-state index in [1.165, 1.54) is 25.7 Å². The number of nitrogens with two attached hydrogens (primary N) is 1. The Morgan fingerprint density at radius 1 is 1.30 bits per heavy atom. The quantitative estimate of drug-likeness (QED) is 0.871. The maximum Gasteiger partial charge on any atom is 0.184 e. The molecule has 5 heteroatoms. The molecule has 2 N–H and O–H groups in total. The summed E-state index contributed by atoms with van der Waals surface area (Å²) in [4.78, 5) is 0. The van der Waals surface area contributed by atoms with Crippen LogP contribution in [-0.2, 0) is 0 Å². The van der Waals surface area contributed by atoms with Gasteiger partial charge in [0.05, 0.1) is 6.04 Å². The third kappa shape index (κ3) is 2.40. The average molecular weight is 271 g/mol. The fourth-order valence-corrected chi connectivity index (χ4v) is 3.17. The van der Waals surface area contributed by atoms with Gasteiger partial charge in [0, 0.05) is 11.3 Å². The van der Waals surface area contributed by atoms with Crippen LogP contribution in [0.5, 0.6) is 0 Å². The van der Waals surface area contributed by atoms with E-state index in [1.807, 2.05) is 28.9 Å². The minimum Gasteiger partial charge on any atom is -0.398 e. The summed E-state index contributed by atoms with van der Waals surface area (Å²) < 4.78 is 1.98. The van der Waals surface area contributed by atoms with Gasteiger partial charge in [0.15, 0.2) is 5.82 Å². The predicted molar refractivity (Wildman–Crippen MR) is 79.0 cm³/mol. The van der Waals surface area contributed by atoms with Crippen LogP contribution >= 0.6 is 0 Å². The predicted octanol–water partition coefficient (Wildman–Crippen LogP) is 3.06. The molecule has 1 heterocycles. The van der Waals surface area contributed by atoms with Crippen molar-refractivity contribution >= 4 is 5.69 Å². The standard InChI is InChI=1S/C15H21N5/c1-2-11-6-5-7-12(10-11)20-15(17-18-19-20)13-8-3-4-9-14(13)16/h3-4,8-9,11-12H,2,5-7,10,16H2,1H3. The van der Waals surface area contributed by atoms with E-state index in [1.54, 1.807) is 0 Å². The van der Waals surface area contributed by atoms with Crippen LogP contribution in [0.25, 0.3) is 11.4 Å². The molecule has 0 amide bonds. The average Bonchev–Trinajstić information content (AvgIpc) is 2.97. The maximum atomic E-state index is 6.05. The van der Waals surface area contributed by atoms with E-state index in [2.05, 4.69) is 22.4 Å². The third-order valence-electron chi connectivity index (χ3n) is 4.37. The second kappa shape index (κ2) is 5.61. The van der Waals surface area contributed by atoms with Crippen LogP contribution in [0, 0.1) is 5.92 Å². The molecule has 1 aromatic heterocycles. The number of benzene rings is 1. The molecular weight excluding hydrogens is 250 g/mol. The Kier molecular flexibility index (Phi) is 3.67. The summed E-state index contributed by atoms with van der Waals surface area (Å²) in [6.45, 7) is 2.27. The first kappa shape index (κ1) is 13.1. The van der Waals surface area contributed by atoms with Crippen LogP contribution in [0.2, 0.25) is 0 Å². The zero-order valence-corrected chi connectivity index (χ0v) is 11.9. The van der Waals surface area contributed by atoms with Crippen LogP contribution in [0.4, 0.5) is 5.69 Å². The molecule has 0 saturated heterocycles. The van der Waals surface area contributed by atoms with Crippen molar-refractivity contribution in [1.82, 2.24) is 20.2 Å². The van der Waals surface area contributed by atoms with Gasteiger partial charge in [0.1, 0.15) is 0 Å². The highest BCUT2D eigenvalue weighted by molar-refractivity contribution is 5.71. The SMILES string of the molecule is CCC1CCCC(n2nnnc2-c2ccccc2N)C1. The molecule has 0 spiro atoms. The number of hydrogen-bond acceptors (Lipinski definition) is 4.